The molecule has 0 fully saturated rings. The Hall–Kier alpha value is -1.35. The lowest BCUT2D eigenvalue weighted by Gasteiger charge is -2.07. The number of carboxylic acid groups (broad SMARTS) is 1. The van der Waals surface area contributed by atoms with Crippen molar-refractivity contribution in [3.8, 4) is 0 Å². The number of rotatable bonds is 4. The minimum atomic E-state index is -0.807. The Morgan fingerprint density at radius 2 is 2.00 bits per heavy atom. The van der Waals surface area contributed by atoms with Gasteiger partial charge in [0.15, 0.2) is 0 Å². The van der Waals surface area contributed by atoms with Crippen LogP contribution in [0.25, 0.3) is 0 Å². The Labute approximate surface area is 83.6 Å². The van der Waals surface area contributed by atoms with Gasteiger partial charge in [-0.3, -0.25) is 10.5 Å². The lowest BCUT2D eigenvalue weighted by molar-refractivity contribution is -0.138. The SMILES string of the molecule is CC(C(=O)O)c1ccc(CC[NH])cc1. The summed E-state index contributed by atoms with van der Waals surface area (Å²) in [7, 11) is 0. The molecule has 0 aliphatic carbocycles. The molecule has 1 atom stereocenters. The third kappa shape index (κ3) is 2.57. The predicted molar refractivity (Wildman–Crippen MR) is 54.2 cm³/mol. The van der Waals surface area contributed by atoms with Crippen LogP contribution in [0.4, 0.5) is 0 Å². The highest BCUT2D eigenvalue weighted by Gasteiger charge is 2.12. The number of benzene rings is 1. The first kappa shape index (κ1) is 10.7. The summed E-state index contributed by atoms with van der Waals surface area (Å²) in [6.07, 6.45) is 0.724. The number of aliphatic carboxylic acids is 1. The van der Waals surface area contributed by atoms with Crippen molar-refractivity contribution < 1.29 is 9.90 Å². The largest absolute Gasteiger partial charge is 0.481 e. The molecule has 0 bridgehead atoms. The summed E-state index contributed by atoms with van der Waals surface area (Å²) < 4.78 is 0. The van der Waals surface area contributed by atoms with Gasteiger partial charge in [0.05, 0.1) is 5.92 Å². The third-order valence-corrected chi connectivity index (χ3v) is 2.26. The predicted octanol–water partition coefficient (Wildman–Crippen LogP) is 1.70. The van der Waals surface area contributed by atoms with Crippen molar-refractivity contribution in [1.29, 1.82) is 0 Å². The van der Waals surface area contributed by atoms with Gasteiger partial charge < -0.3 is 5.11 Å². The third-order valence-electron chi connectivity index (χ3n) is 2.26. The molecule has 1 rings (SSSR count). The van der Waals surface area contributed by atoms with Crippen LogP contribution in [0.15, 0.2) is 24.3 Å². The standard InChI is InChI=1S/C11H14NO2/c1-8(11(13)14)10-4-2-9(3-5-10)6-7-12/h2-5,8,12H,6-7H2,1H3,(H,13,14). The zero-order chi connectivity index (χ0) is 10.6. The molecule has 0 aromatic heterocycles. The quantitative estimate of drug-likeness (QED) is 0.789. The smallest absolute Gasteiger partial charge is 0.310 e. The number of hydrogen-bond donors (Lipinski definition) is 1. The number of hydrogen-bond acceptors (Lipinski definition) is 1. The average molecular weight is 192 g/mol. The first-order chi connectivity index (χ1) is 6.65. The van der Waals surface area contributed by atoms with Crippen molar-refractivity contribution in [3.05, 3.63) is 35.4 Å². The zero-order valence-corrected chi connectivity index (χ0v) is 8.16. The van der Waals surface area contributed by atoms with E-state index in [1.165, 1.54) is 0 Å². The van der Waals surface area contributed by atoms with Crippen molar-refractivity contribution in [2.24, 2.45) is 0 Å². The summed E-state index contributed by atoms with van der Waals surface area (Å²) in [4.78, 5) is 10.7. The van der Waals surface area contributed by atoms with E-state index < -0.39 is 11.9 Å². The van der Waals surface area contributed by atoms with Gasteiger partial charge in [-0.2, -0.15) is 0 Å². The fraction of sp³-hybridized carbons (Fsp3) is 0.364. The van der Waals surface area contributed by atoms with Crippen molar-refractivity contribution in [3.63, 3.8) is 0 Å². The Morgan fingerprint density at radius 1 is 1.43 bits per heavy atom. The van der Waals surface area contributed by atoms with E-state index in [0.717, 1.165) is 17.5 Å². The van der Waals surface area contributed by atoms with Gasteiger partial charge in [-0.25, -0.2) is 0 Å². The lowest BCUT2D eigenvalue weighted by Crippen LogP contribution is -2.07. The van der Waals surface area contributed by atoms with Crippen LogP contribution >= 0.6 is 0 Å². The van der Waals surface area contributed by atoms with Gasteiger partial charge in [0.2, 0.25) is 0 Å². The highest BCUT2D eigenvalue weighted by Crippen LogP contribution is 2.15. The molecule has 2 N–H and O–H groups in total. The van der Waals surface area contributed by atoms with E-state index in [-0.39, 0.29) is 0 Å². The maximum Gasteiger partial charge on any atom is 0.310 e. The first-order valence-electron chi connectivity index (χ1n) is 4.61. The molecule has 14 heavy (non-hydrogen) atoms. The maximum atomic E-state index is 10.7. The molecule has 1 aromatic rings. The van der Waals surface area contributed by atoms with Crippen LogP contribution in [0.5, 0.6) is 0 Å². The Bertz CT molecular complexity index is 306. The second kappa shape index (κ2) is 4.77. The monoisotopic (exact) mass is 192 g/mol. The Morgan fingerprint density at radius 3 is 2.43 bits per heavy atom. The van der Waals surface area contributed by atoms with E-state index in [1.54, 1.807) is 6.92 Å². The molecule has 1 radical (unpaired) electrons. The van der Waals surface area contributed by atoms with Gasteiger partial charge in [0.1, 0.15) is 0 Å². The van der Waals surface area contributed by atoms with Crippen molar-refractivity contribution in [1.82, 2.24) is 5.73 Å². The summed E-state index contributed by atoms with van der Waals surface area (Å²) in [6.45, 7) is 2.04. The van der Waals surface area contributed by atoms with Crippen LogP contribution in [0.3, 0.4) is 0 Å². The molecule has 0 saturated carbocycles. The van der Waals surface area contributed by atoms with Crippen LogP contribution in [0.2, 0.25) is 0 Å². The fourth-order valence-corrected chi connectivity index (χ4v) is 1.26. The Balaban J connectivity index is 2.77. The second-order valence-corrected chi connectivity index (χ2v) is 3.30. The summed E-state index contributed by atoms with van der Waals surface area (Å²) in [5.74, 6) is -1.27. The number of carbonyl (C=O) groups is 1. The second-order valence-electron chi connectivity index (χ2n) is 3.30. The van der Waals surface area contributed by atoms with Crippen LogP contribution in [0.1, 0.15) is 24.0 Å². The molecule has 0 aliphatic heterocycles. The van der Waals surface area contributed by atoms with Crippen molar-refractivity contribution >= 4 is 5.97 Å². The van der Waals surface area contributed by atoms with Crippen LogP contribution in [-0.2, 0) is 11.2 Å². The molecule has 0 amide bonds. The van der Waals surface area contributed by atoms with Crippen molar-refractivity contribution in [2.45, 2.75) is 19.3 Å². The molecule has 75 valence electrons. The minimum absolute atomic E-state index is 0.369. The van der Waals surface area contributed by atoms with Gasteiger partial charge in [-0.1, -0.05) is 24.3 Å². The van der Waals surface area contributed by atoms with Gasteiger partial charge in [0.25, 0.3) is 0 Å². The summed E-state index contributed by atoms with van der Waals surface area (Å²) >= 11 is 0. The van der Waals surface area contributed by atoms with Gasteiger partial charge >= 0.3 is 5.97 Å². The van der Waals surface area contributed by atoms with E-state index in [4.69, 9.17) is 10.8 Å². The van der Waals surface area contributed by atoms with Gasteiger partial charge in [-0.15, -0.1) is 0 Å². The molecule has 0 saturated heterocycles. The summed E-state index contributed by atoms with van der Waals surface area (Å²) in [5, 5.41) is 8.78. The zero-order valence-electron chi connectivity index (χ0n) is 8.16. The van der Waals surface area contributed by atoms with E-state index in [1.807, 2.05) is 24.3 Å². The van der Waals surface area contributed by atoms with Crippen LogP contribution in [-0.4, -0.2) is 17.6 Å². The van der Waals surface area contributed by atoms with Crippen molar-refractivity contribution in [2.75, 3.05) is 6.54 Å². The topological polar surface area (TPSA) is 61.1 Å². The molecular weight excluding hydrogens is 178 g/mol. The molecule has 3 nitrogen and oxygen atoms in total. The number of carboxylic acids is 1. The molecule has 1 unspecified atom stereocenters. The van der Waals surface area contributed by atoms with Gasteiger partial charge in [-0.05, 0) is 24.5 Å². The first-order valence-corrected chi connectivity index (χ1v) is 4.61. The van der Waals surface area contributed by atoms with Gasteiger partial charge in [0, 0.05) is 6.54 Å². The highest BCUT2D eigenvalue weighted by atomic mass is 16.4. The molecule has 0 aliphatic rings. The lowest BCUT2D eigenvalue weighted by atomic mass is 9.99. The van der Waals surface area contributed by atoms with E-state index in [2.05, 4.69) is 0 Å². The van der Waals surface area contributed by atoms with E-state index >= 15 is 0 Å². The van der Waals surface area contributed by atoms with Crippen LogP contribution in [0, 0.1) is 0 Å². The van der Waals surface area contributed by atoms with Crippen LogP contribution < -0.4 is 5.73 Å². The Kier molecular flexibility index (Phi) is 3.65. The van der Waals surface area contributed by atoms with E-state index in [9.17, 15) is 4.79 Å². The molecule has 0 spiro atoms. The number of nitrogens with one attached hydrogen (secondary N) is 1. The molecule has 1 aromatic carbocycles. The summed E-state index contributed by atoms with van der Waals surface area (Å²) in [6, 6.07) is 7.43. The molecule has 0 heterocycles. The normalized spacial score (nSPS) is 12.4. The fourth-order valence-electron chi connectivity index (χ4n) is 1.26. The minimum Gasteiger partial charge on any atom is -0.481 e. The maximum absolute atomic E-state index is 10.7. The molecule has 3 heteroatoms. The average Bonchev–Trinajstić information content (AvgIpc) is 2.18. The summed E-state index contributed by atoms with van der Waals surface area (Å²) in [5.41, 5.74) is 8.95. The highest BCUT2D eigenvalue weighted by molar-refractivity contribution is 5.75. The molecular formula is C11H14NO2. The van der Waals surface area contributed by atoms with E-state index in [0.29, 0.717) is 6.54 Å².